The summed E-state index contributed by atoms with van der Waals surface area (Å²) in [5, 5.41) is 8.66. The first-order valence-corrected chi connectivity index (χ1v) is 7.12. The standard InChI is InChI=1S/C13H22N4O/c14-7-6-12-13(10-3-1-4-10)17(16-15-12)9-11-5-2-8-18-11/h10-11H,1-9,14H2. The molecule has 1 saturated heterocycles. The second kappa shape index (κ2) is 5.36. The van der Waals surface area contributed by atoms with E-state index in [-0.39, 0.29) is 0 Å². The highest BCUT2D eigenvalue weighted by Gasteiger charge is 2.28. The summed E-state index contributed by atoms with van der Waals surface area (Å²) >= 11 is 0. The minimum atomic E-state index is 0.330. The molecule has 0 amide bonds. The number of rotatable bonds is 5. The van der Waals surface area contributed by atoms with Gasteiger partial charge in [-0.25, -0.2) is 4.68 Å². The van der Waals surface area contributed by atoms with Gasteiger partial charge in [-0.1, -0.05) is 11.6 Å². The maximum atomic E-state index is 5.70. The van der Waals surface area contributed by atoms with E-state index in [1.54, 1.807) is 0 Å². The third kappa shape index (κ3) is 2.29. The quantitative estimate of drug-likeness (QED) is 0.853. The Morgan fingerprint density at radius 3 is 2.78 bits per heavy atom. The molecule has 1 aliphatic carbocycles. The molecule has 2 fully saturated rings. The van der Waals surface area contributed by atoms with Crippen molar-refractivity contribution in [2.75, 3.05) is 13.2 Å². The highest BCUT2D eigenvalue weighted by Crippen LogP contribution is 2.37. The highest BCUT2D eigenvalue weighted by molar-refractivity contribution is 5.18. The Balaban J connectivity index is 1.78. The van der Waals surface area contributed by atoms with Gasteiger partial charge in [0.05, 0.1) is 24.0 Å². The van der Waals surface area contributed by atoms with Crippen molar-refractivity contribution in [3.8, 4) is 0 Å². The first-order valence-electron chi connectivity index (χ1n) is 7.12. The van der Waals surface area contributed by atoms with E-state index in [2.05, 4.69) is 15.0 Å². The summed E-state index contributed by atoms with van der Waals surface area (Å²) in [4.78, 5) is 0. The molecule has 0 aromatic carbocycles. The summed E-state index contributed by atoms with van der Waals surface area (Å²) in [6.45, 7) is 2.41. The van der Waals surface area contributed by atoms with Gasteiger partial charge in [-0.15, -0.1) is 5.10 Å². The maximum Gasteiger partial charge on any atom is 0.0874 e. The molecule has 2 aliphatic rings. The zero-order valence-corrected chi connectivity index (χ0v) is 10.8. The molecular weight excluding hydrogens is 228 g/mol. The van der Waals surface area contributed by atoms with Gasteiger partial charge in [0.1, 0.15) is 0 Å². The van der Waals surface area contributed by atoms with E-state index in [1.165, 1.54) is 31.4 Å². The van der Waals surface area contributed by atoms with Crippen molar-refractivity contribution >= 4 is 0 Å². The second-order valence-electron chi connectivity index (χ2n) is 5.41. The van der Waals surface area contributed by atoms with E-state index in [0.29, 0.717) is 18.6 Å². The summed E-state index contributed by atoms with van der Waals surface area (Å²) < 4.78 is 7.79. The average molecular weight is 250 g/mol. The molecule has 100 valence electrons. The van der Waals surface area contributed by atoms with Gasteiger partial charge >= 0.3 is 0 Å². The van der Waals surface area contributed by atoms with Crippen LogP contribution in [0, 0.1) is 0 Å². The van der Waals surface area contributed by atoms with E-state index < -0.39 is 0 Å². The Kier molecular flexibility index (Phi) is 3.61. The number of hydrogen-bond acceptors (Lipinski definition) is 4. The van der Waals surface area contributed by atoms with Gasteiger partial charge < -0.3 is 10.5 Å². The first kappa shape index (κ1) is 12.1. The third-order valence-electron chi connectivity index (χ3n) is 4.12. The van der Waals surface area contributed by atoms with Crippen LogP contribution in [-0.2, 0) is 17.7 Å². The van der Waals surface area contributed by atoms with E-state index in [9.17, 15) is 0 Å². The summed E-state index contributed by atoms with van der Waals surface area (Å²) in [6.07, 6.45) is 7.38. The van der Waals surface area contributed by atoms with Crippen LogP contribution in [0.3, 0.4) is 0 Å². The van der Waals surface area contributed by atoms with Crippen LogP contribution in [0.25, 0.3) is 0 Å². The molecule has 0 radical (unpaired) electrons. The van der Waals surface area contributed by atoms with Crippen molar-refractivity contribution in [2.45, 2.75) is 57.1 Å². The molecular formula is C13H22N4O. The fraction of sp³-hybridized carbons (Fsp3) is 0.846. The topological polar surface area (TPSA) is 66.0 Å². The number of hydrogen-bond donors (Lipinski definition) is 1. The molecule has 1 saturated carbocycles. The largest absolute Gasteiger partial charge is 0.376 e. The Morgan fingerprint density at radius 2 is 2.17 bits per heavy atom. The van der Waals surface area contributed by atoms with E-state index in [4.69, 9.17) is 10.5 Å². The Morgan fingerprint density at radius 1 is 1.28 bits per heavy atom. The van der Waals surface area contributed by atoms with Gasteiger partial charge in [-0.2, -0.15) is 0 Å². The minimum Gasteiger partial charge on any atom is -0.376 e. The molecule has 0 spiro atoms. The predicted molar refractivity (Wildman–Crippen MR) is 68.3 cm³/mol. The molecule has 2 heterocycles. The molecule has 2 N–H and O–H groups in total. The van der Waals surface area contributed by atoms with Crippen LogP contribution < -0.4 is 5.73 Å². The van der Waals surface area contributed by atoms with Crippen LogP contribution in [0.5, 0.6) is 0 Å². The summed E-state index contributed by atoms with van der Waals surface area (Å²) in [5.41, 5.74) is 8.11. The van der Waals surface area contributed by atoms with Crippen molar-refractivity contribution in [1.82, 2.24) is 15.0 Å². The molecule has 3 rings (SSSR count). The highest BCUT2D eigenvalue weighted by atomic mass is 16.5. The van der Waals surface area contributed by atoms with Crippen molar-refractivity contribution in [3.05, 3.63) is 11.4 Å². The van der Waals surface area contributed by atoms with Crippen LogP contribution in [-0.4, -0.2) is 34.2 Å². The van der Waals surface area contributed by atoms with Gasteiger partial charge in [-0.3, -0.25) is 0 Å². The number of nitrogens with two attached hydrogens (primary N) is 1. The molecule has 5 nitrogen and oxygen atoms in total. The van der Waals surface area contributed by atoms with Crippen molar-refractivity contribution in [2.24, 2.45) is 5.73 Å². The lowest BCUT2D eigenvalue weighted by atomic mass is 9.81. The van der Waals surface area contributed by atoms with E-state index in [0.717, 1.165) is 31.7 Å². The SMILES string of the molecule is NCCc1nnn(CC2CCCO2)c1C1CCC1. The average Bonchev–Trinajstić information content (AvgIpc) is 2.91. The zero-order chi connectivity index (χ0) is 12.4. The van der Waals surface area contributed by atoms with Crippen molar-refractivity contribution in [1.29, 1.82) is 0 Å². The Labute approximate surface area is 108 Å². The third-order valence-corrected chi connectivity index (χ3v) is 4.12. The monoisotopic (exact) mass is 250 g/mol. The molecule has 1 unspecified atom stereocenters. The molecule has 1 aromatic heterocycles. The van der Waals surface area contributed by atoms with Crippen LogP contribution in [0.15, 0.2) is 0 Å². The van der Waals surface area contributed by atoms with Crippen LogP contribution >= 0.6 is 0 Å². The summed E-state index contributed by atoms with van der Waals surface area (Å²) in [7, 11) is 0. The molecule has 18 heavy (non-hydrogen) atoms. The number of nitrogens with zero attached hydrogens (tertiary/aromatic N) is 3. The van der Waals surface area contributed by atoms with Crippen LogP contribution in [0.1, 0.15) is 49.4 Å². The lowest BCUT2D eigenvalue weighted by molar-refractivity contribution is 0.0919. The number of aromatic nitrogens is 3. The van der Waals surface area contributed by atoms with Crippen molar-refractivity contribution in [3.63, 3.8) is 0 Å². The zero-order valence-electron chi connectivity index (χ0n) is 10.8. The molecule has 1 aliphatic heterocycles. The lowest BCUT2D eigenvalue weighted by Gasteiger charge is -2.27. The van der Waals surface area contributed by atoms with Gasteiger partial charge in [-0.05, 0) is 32.2 Å². The van der Waals surface area contributed by atoms with Crippen LogP contribution in [0.4, 0.5) is 0 Å². The first-order chi connectivity index (χ1) is 8.88. The number of ether oxygens (including phenoxy) is 1. The predicted octanol–water partition coefficient (Wildman–Crippen LogP) is 1.23. The lowest BCUT2D eigenvalue weighted by Crippen LogP contribution is -2.22. The Hall–Kier alpha value is -0.940. The second-order valence-corrected chi connectivity index (χ2v) is 5.41. The summed E-state index contributed by atoms with van der Waals surface area (Å²) in [6, 6.07) is 0. The molecule has 0 bridgehead atoms. The smallest absolute Gasteiger partial charge is 0.0874 e. The van der Waals surface area contributed by atoms with Gasteiger partial charge in [0.25, 0.3) is 0 Å². The fourth-order valence-electron chi connectivity index (χ4n) is 2.92. The normalized spacial score (nSPS) is 24.4. The minimum absolute atomic E-state index is 0.330. The molecule has 1 aromatic rings. The van der Waals surface area contributed by atoms with Gasteiger partial charge in [0.2, 0.25) is 0 Å². The van der Waals surface area contributed by atoms with Gasteiger partial charge in [0.15, 0.2) is 0 Å². The van der Waals surface area contributed by atoms with Crippen molar-refractivity contribution < 1.29 is 4.74 Å². The summed E-state index contributed by atoms with van der Waals surface area (Å²) in [5.74, 6) is 0.656. The Bertz CT molecular complexity index is 394. The fourth-order valence-corrected chi connectivity index (χ4v) is 2.92. The van der Waals surface area contributed by atoms with Gasteiger partial charge in [0, 0.05) is 18.9 Å². The van der Waals surface area contributed by atoms with Crippen LogP contribution in [0.2, 0.25) is 0 Å². The molecule has 1 atom stereocenters. The van der Waals surface area contributed by atoms with E-state index >= 15 is 0 Å². The maximum absolute atomic E-state index is 5.70. The molecule has 5 heteroatoms. The van der Waals surface area contributed by atoms with E-state index in [1.807, 2.05) is 0 Å².